The third kappa shape index (κ3) is 2.69. The Morgan fingerprint density at radius 1 is 1.11 bits per heavy atom. The maximum absolute atomic E-state index is 2.47. The molecule has 0 radical (unpaired) electrons. The van der Waals surface area contributed by atoms with E-state index in [1.165, 1.54) is 18.5 Å². The third-order valence-corrected chi connectivity index (χ3v) is 3.46. The maximum atomic E-state index is 2.47. The van der Waals surface area contributed by atoms with Gasteiger partial charge in [-0.05, 0) is 24.5 Å². The Kier molecular flexibility index (Phi) is 4.29. The second kappa shape index (κ2) is 5.94. The van der Waals surface area contributed by atoms with Crippen molar-refractivity contribution < 1.29 is 0 Å². The zero-order valence-electron chi connectivity index (χ0n) is 11.7. The lowest BCUT2D eigenvalue weighted by molar-refractivity contribution is 0.239. The van der Waals surface area contributed by atoms with Crippen molar-refractivity contribution >= 4 is 5.69 Å². The molecule has 1 unspecified atom stereocenters. The second-order valence-electron chi connectivity index (χ2n) is 5.29. The number of hydrogen-bond acceptors (Lipinski definition) is 2. The van der Waals surface area contributed by atoms with Crippen LogP contribution in [-0.2, 0) is 0 Å². The molecule has 1 aliphatic heterocycles. The molecule has 0 fully saturated rings. The molecule has 1 atom stereocenters. The first-order valence-corrected chi connectivity index (χ1v) is 7.01. The van der Waals surface area contributed by atoms with Gasteiger partial charge in [-0.15, -0.1) is 0 Å². The fraction of sp³-hybridized carbons (Fsp3) is 0.500. The van der Waals surface area contributed by atoms with E-state index >= 15 is 0 Å². The number of rotatable bonds is 5. The van der Waals surface area contributed by atoms with Crippen LogP contribution >= 0.6 is 0 Å². The fourth-order valence-electron chi connectivity index (χ4n) is 2.58. The highest BCUT2D eigenvalue weighted by molar-refractivity contribution is 5.51. The summed E-state index contributed by atoms with van der Waals surface area (Å²) in [5, 5.41) is 0. The summed E-state index contributed by atoms with van der Waals surface area (Å²) in [6.07, 6.45) is 7.43. The van der Waals surface area contributed by atoms with E-state index in [0.29, 0.717) is 12.1 Å². The Balaban J connectivity index is 2.15. The zero-order chi connectivity index (χ0) is 13.0. The van der Waals surface area contributed by atoms with Gasteiger partial charge in [-0.2, -0.15) is 0 Å². The van der Waals surface area contributed by atoms with Gasteiger partial charge in [0.05, 0.1) is 0 Å². The molecule has 98 valence electrons. The summed E-state index contributed by atoms with van der Waals surface area (Å²) in [6.45, 7) is 8.00. The highest BCUT2D eigenvalue weighted by Gasteiger charge is 2.29. The largest absolute Gasteiger partial charge is 0.355 e. The number of para-hydroxylation sites is 1. The van der Waals surface area contributed by atoms with Gasteiger partial charge < -0.3 is 9.80 Å². The van der Waals surface area contributed by atoms with Crippen LogP contribution in [-0.4, -0.2) is 17.6 Å². The van der Waals surface area contributed by atoms with Crippen molar-refractivity contribution in [2.24, 2.45) is 5.92 Å². The number of unbranched alkanes of at least 4 members (excludes halogenated alkanes) is 1. The van der Waals surface area contributed by atoms with E-state index in [2.05, 4.69) is 73.3 Å². The van der Waals surface area contributed by atoms with Gasteiger partial charge in [0.1, 0.15) is 6.17 Å². The molecule has 1 heterocycles. The van der Waals surface area contributed by atoms with Crippen molar-refractivity contribution in [1.82, 2.24) is 4.90 Å². The van der Waals surface area contributed by atoms with Crippen molar-refractivity contribution in [3.05, 3.63) is 42.7 Å². The topological polar surface area (TPSA) is 6.48 Å². The predicted octanol–water partition coefficient (Wildman–Crippen LogP) is 4.06. The van der Waals surface area contributed by atoms with E-state index in [9.17, 15) is 0 Å². The Morgan fingerprint density at radius 2 is 1.83 bits per heavy atom. The smallest absolute Gasteiger partial charge is 0.108 e. The number of anilines is 1. The van der Waals surface area contributed by atoms with E-state index in [1.807, 2.05) is 0 Å². The molecule has 0 N–H and O–H groups in total. The number of hydrogen-bond donors (Lipinski definition) is 0. The molecule has 0 amide bonds. The van der Waals surface area contributed by atoms with Crippen molar-refractivity contribution in [2.75, 3.05) is 11.4 Å². The van der Waals surface area contributed by atoms with Gasteiger partial charge in [-0.3, -0.25) is 0 Å². The van der Waals surface area contributed by atoms with Crippen molar-refractivity contribution in [1.29, 1.82) is 0 Å². The minimum absolute atomic E-state index is 0.457. The molecular weight excluding hydrogens is 220 g/mol. The van der Waals surface area contributed by atoms with Crippen LogP contribution in [0.3, 0.4) is 0 Å². The quantitative estimate of drug-likeness (QED) is 0.770. The summed E-state index contributed by atoms with van der Waals surface area (Å²) >= 11 is 0. The van der Waals surface area contributed by atoms with Crippen LogP contribution in [0, 0.1) is 5.92 Å². The Labute approximate surface area is 111 Å². The van der Waals surface area contributed by atoms with Gasteiger partial charge in [0, 0.05) is 24.6 Å². The molecule has 1 aliphatic rings. The average molecular weight is 244 g/mol. The first-order valence-electron chi connectivity index (χ1n) is 7.01. The zero-order valence-corrected chi connectivity index (χ0v) is 11.7. The van der Waals surface area contributed by atoms with Crippen LogP contribution < -0.4 is 4.90 Å². The van der Waals surface area contributed by atoms with Gasteiger partial charge >= 0.3 is 0 Å². The minimum Gasteiger partial charge on any atom is -0.355 e. The minimum atomic E-state index is 0.457. The summed E-state index contributed by atoms with van der Waals surface area (Å²) in [5.41, 5.74) is 1.28. The van der Waals surface area contributed by atoms with Crippen LogP contribution in [0.15, 0.2) is 42.7 Å². The lowest BCUT2D eigenvalue weighted by Gasteiger charge is -2.35. The third-order valence-electron chi connectivity index (χ3n) is 3.46. The highest BCUT2D eigenvalue weighted by Crippen LogP contribution is 2.28. The Hall–Kier alpha value is -1.44. The monoisotopic (exact) mass is 244 g/mol. The van der Waals surface area contributed by atoms with Crippen molar-refractivity contribution in [3.63, 3.8) is 0 Å². The number of benzene rings is 1. The summed E-state index contributed by atoms with van der Waals surface area (Å²) in [6, 6.07) is 10.7. The molecule has 1 aromatic carbocycles. The number of nitrogens with zero attached hydrogens (tertiary/aromatic N) is 2. The fourth-order valence-corrected chi connectivity index (χ4v) is 2.58. The first-order chi connectivity index (χ1) is 8.74. The van der Waals surface area contributed by atoms with Gasteiger partial charge in [-0.1, -0.05) is 45.4 Å². The SMILES string of the molecule is CCCCN1C=CN(c2ccccc2)C1C(C)C. The lowest BCUT2D eigenvalue weighted by Crippen LogP contribution is -2.43. The van der Waals surface area contributed by atoms with E-state index in [0.717, 1.165) is 6.54 Å². The van der Waals surface area contributed by atoms with Crippen LogP contribution in [0.1, 0.15) is 33.6 Å². The van der Waals surface area contributed by atoms with Gasteiger partial charge in [0.2, 0.25) is 0 Å². The van der Waals surface area contributed by atoms with E-state index < -0.39 is 0 Å². The van der Waals surface area contributed by atoms with Gasteiger partial charge in [0.25, 0.3) is 0 Å². The molecule has 0 saturated heterocycles. The van der Waals surface area contributed by atoms with Crippen LogP contribution in [0.25, 0.3) is 0 Å². The maximum Gasteiger partial charge on any atom is 0.108 e. The van der Waals surface area contributed by atoms with Crippen molar-refractivity contribution in [3.8, 4) is 0 Å². The van der Waals surface area contributed by atoms with Crippen molar-refractivity contribution in [2.45, 2.75) is 39.8 Å². The molecule has 18 heavy (non-hydrogen) atoms. The normalized spacial score (nSPS) is 19.0. The highest BCUT2D eigenvalue weighted by atomic mass is 15.4. The summed E-state index contributed by atoms with van der Waals surface area (Å²) in [4.78, 5) is 4.86. The van der Waals surface area contributed by atoms with Crippen LogP contribution in [0.4, 0.5) is 5.69 Å². The molecule has 0 aliphatic carbocycles. The van der Waals surface area contributed by atoms with E-state index in [1.54, 1.807) is 0 Å². The standard InChI is InChI=1S/C16H24N2/c1-4-5-11-17-12-13-18(16(17)14(2)3)15-9-7-6-8-10-15/h6-10,12-14,16H,4-5,11H2,1-3H3. The summed E-state index contributed by atoms with van der Waals surface area (Å²) in [5.74, 6) is 0.608. The molecule has 0 spiro atoms. The van der Waals surface area contributed by atoms with Gasteiger partial charge in [0.15, 0.2) is 0 Å². The van der Waals surface area contributed by atoms with Gasteiger partial charge in [-0.25, -0.2) is 0 Å². The molecule has 2 rings (SSSR count). The van der Waals surface area contributed by atoms with Crippen LogP contribution in [0.2, 0.25) is 0 Å². The predicted molar refractivity (Wildman–Crippen MR) is 78.3 cm³/mol. The summed E-state index contributed by atoms with van der Waals surface area (Å²) in [7, 11) is 0. The Bertz CT molecular complexity index is 383. The van der Waals surface area contributed by atoms with Crippen LogP contribution in [0.5, 0.6) is 0 Å². The molecule has 0 bridgehead atoms. The second-order valence-corrected chi connectivity index (χ2v) is 5.29. The summed E-state index contributed by atoms with van der Waals surface area (Å²) < 4.78 is 0. The lowest BCUT2D eigenvalue weighted by atomic mass is 10.1. The molecule has 2 heteroatoms. The molecular formula is C16H24N2. The molecule has 2 nitrogen and oxygen atoms in total. The van der Waals surface area contributed by atoms with E-state index in [-0.39, 0.29) is 0 Å². The Morgan fingerprint density at radius 3 is 2.44 bits per heavy atom. The van der Waals surface area contributed by atoms with E-state index in [4.69, 9.17) is 0 Å². The first kappa shape index (κ1) is 13.0. The molecule has 1 aromatic rings. The molecule has 0 saturated carbocycles. The molecule has 0 aromatic heterocycles. The average Bonchev–Trinajstić information content (AvgIpc) is 2.81.